The maximum atomic E-state index is 11.9. The summed E-state index contributed by atoms with van der Waals surface area (Å²) in [4.78, 5) is 11.9. The van der Waals surface area contributed by atoms with Crippen LogP contribution in [0.5, 0.6) is 0 Å². The number of nitrogens with one attached hydrogen (secondary N) is 3. The van der Waals surface area contributed by atoms with Crippen molar-refractivity contribution in [2.45, 2.75) is 19.4 Å². The van der Waals surface area contributed by atoms with Gasteiger partial charge in [-0.2, -0.15) is 5.10 Å². The predicted molar refractivity (Wildman–Crippen MR) is 82.1 cm³/mol. The summed E-state index contributed by atoms with van der Waals surface area (Å²) in [5.74, 6) is 0. The van der Waals surface area contributed by atoms with Crippen LogP contribution in [0.2, 0.25) is 0 Å². The molecule has 1 atom stereocenters. The van der Waals surface area contributed by atoms with Crippen LogP contribution < -0.4 is 10.6 Å². The molecule has 6 heteroatoms. The SMILES string of the molecule is CC[C@H](COC)NC(=O)Nc1ccc(-c2ccn[nH]2)cc1. The van der Waals surface area contributed by atoms with Crippen LogP contribution >= 0.6 is 0 Å². The highest BCUT2D eigenvalue weighted by Gasteiger charge is 2.10. The van der Waals surface area contributed by atoms with E-state index in [0.29, 0.717) is 6.61 Å². The number of aromatic amines is 1. The van der Waals surface area contributed by atoms with Crippen LogP contribution in [0.1, 0.15) is 13.3 Å². The summed E-state index contributed by atoms with van der Waals surface area (Å²) >= 11 is 0. The number of hydrogen-bond acceptors (Lipinski definition) is 3. The molecular formula is C15H20N4O2. The maximum absolute atomic E-state index is 11.9. The van der Waals surface area contributed by atoms with E-state index in [2.05, 4.69) is 20.8 Å². The molecule has 0 aliphatic carbocycles. The highest BCUT2D eigenvalue weighted by molar-refractivity contribution is 5.89. The molecule has 0 saturated heterocycles. The highest BCUT2D eigenvalue weighted by atomic mass is 16.5. The van der Waals surface area contributed by atoms with E-state index in [1.165, 1.54) is 0 Å². The van der Waals surface area contributed by atoms with Gasteiger partial charge in [-0.3, -0.25) is 5.10 Å². The second-order valence-corrected chi connectivity index (χ2v) is 4.71. The molecule has 0 aliphatic rings. The van der Waals surface area contributed by atoms with Gasteiger partial charge in [-0.1, -0.05) is 19.1 Å². The molecule has 21 heavy (non-hydrogen) atoms. The van der Waals surface area contributed by atoms with E-state index in [9.17, 15) is 4.79 Å². The molecule has 0 bridgehead atoms. The van der Waals surface area contributed by atoms with Crippen LogP contribution in [-0.4, -0.2) is 36.0 Å². The number of nitrogens with zero attached hydrogens (tertiary/aromatic N) is 1. The summed E-state index contributed by atoms with van der Waals surface area (Å²) < 4.78 is 5.05. The van der Waals surface area contributed by atoms with Crippen LogP contribution in [0.15, 0.2) is 36.5 Å². The Hall–Kier alpha value is -2.34. The van der Waals surface area contributed by atoms with E-state index in [-0.39, 0.29) is 12.1 Å². The summed E-state index contributed by atoms with van der Waals surface area (Å²) in [6.45, 7) is 2.51. The summed E-state index contributed by atoms with van der Waals surface area (Å²) in [6.07, 6.45) is 2.52. The Kier molecular flexibility index (Phi) is 5.34. The van der Waals surface area contributed by atoms with Gasteiger partial charge >= 0.3 is 6.03 Å². The molecule has 2 aromatic rings. The number of carbonyl (C=O) groups excluding carboxylic acids is 1. The summed E-state index contributed by atoms with van der Waals surface area (Å²) in [5.41, 5.74) is 2.70. The third-order valence-electron chi connectivity index (χ3n) is 3.15. The van der Waals surface area contributed by atoms with Crippen molar-refractivity contribution in [1.82, 2.24) is 15.5 Å². The second-order valence-electron chi connectivity index (χ2n) is 4.71. The Morgan fingerprint density at radius 2 is 2.10 bits per heavy atom. The Balaban J connectivity index is 1.92. The fourth-order valence-corrected chi connectivity index (χ4v) is 1.97. The van der Waals surface area contributed by atoms with Gasteiger partial charge in [-0.05, 0) is 30.2 Å². The third kappa shape index (κ3) is 4.32. The van der Waals surface area contributed by atoms with Crippen molar-refractivity contribution in [2.75, 3.05) is 19.0 Å². The number of anilines is 1. The van der Waals surface area contributed by atoms with Gasteiger partial charge in [0.05, 0.1) is 18.3 Å². The average Bonchev–Trinajstić information content (AvgIpc) is 3.01. The molecule has 1 aromatic carbocycles. The molecule has 3 N–H and O–H groups in total. The lowest BCUT2D eigenvalue weighted by Gasteiger charge is -2.16. The first kappa shape index (κ1) is 15.1. The van der Waals surface area contributed by atoms with Gasteiger partial charge in [0.2, 0.25) is 0 Å². The van der Waals surface area contributed by atoms with E-state index < -0.39 is 0 Å². The van der Waals surface area contributed by atoms with Crippen molar-refractivity contribution < 1.29 is 9.53 Å². The number of amides is 2. The zero-order chi connectivity index (χ0) is 15.1. The largest absolute Gasteiger partial charge is 0.383 e. The topological polar surface area (TPSA) is 79.0 Å². The molecule has 2 rings (SSSR count). The Labute approximate surface area is 123 Å². The van der Waals surface area contributed by atoms with E-state index in [0.717, 1.165) is 23.4 Å². The number of ether oxygens (including phenoxy) is 1. The molecule has 0 unspecified atom stereocenters. The number of hydrogen-bond donors (Lipinski definition) is 3. The molecule has 112 valence electrons. The van der Waals surface area contributed by atoms with E-state index in [4.69, 9.17) is 4.74 Å². The standard InChI is InChI=1S/C15H20N4O2/c1-3-12(10-21-2)17-15(20)18-13-6-4-11(5-7-13)14-8-9-16-19-14/h4-9,12H,3,10H2,1-2H3,(H,16,19)(H2,17,18,20)/t12-/m1/s1. The van der Waals surface area contributed by atoms with E-state index in [1.807, 2.05) is 37.3 Å². The lowest BCUT2D eigenvalue weighted by molar-refractivity contribution is 0.165. The Morgan fingerprint density at radius 3 is 2.67 bits per heavy atom. The maximum Gasteiger partial charge on any atom is 0.319 e. The quantitative estimate of drug-likeness (QED) is 0.764. The predicted octanol–water partition coefficient (Wildman–Crippen LogP) is 2.62. The molecule has 0 spiro atoms. The minimum atomic E-state index is -0.229. The summed E-state index contributed by atoms with van der Waals surface area (Å²) in [5, 5.41) is 12.5. The number of H-pyrrole nitrogens is 1. The minimum Gasteiger partial charge on any atom is -0.383 e. The number of aromatic nitrogens is 2. The highest BCUT2D eigenvalue weighted by Crippen LogP contribution is 2.18. The monoisotopic (exact) mass is 288 g/mol. The van der Waals surface area contributed by atoms with Crippen LogP contribution in [0.25, 0.3) is 11.3 Å². The smallest absolute Gasteiger partial charge is 0.319 e. The van der Waals surface area contributed by atoms with Crippen LogP contribution in [0, 0.1) is 0 Å². The molecule has 0 fully saturated rings. The van der Waals surface area contributed by atoms with Crippen molar-refractivity contribution >= 4 is 11.7 Å². The Morgan fingerprint density at radius 1 is 1.33 bits per heavy atom. The number of urea groups is 1. The zero-order valence-electron chi connectivity index (χ0n) is 12.2. The summed E-state index contributed by atoms with van der Waals surface area (Å²) in [7, 11) is 1.62. The Bertz CT molecular complexity index is 552. The van der Waals surface area contributed by atoms with Gasteiger partial charge in [0.1, 0.15) is 0 Å². The van der Waals surface area contributed by atoms with Crippen molar-refractivity contribution in [2.24, 2.45) is 0 Å². The second kappa shape index (κ2) is 7.44. The average molecular weight is 288 g/mol. The van der Waals surface area contributed by atoms with E-state index in [1.54, 1.807) is 13.3 Å². The molecule has 1 heterocycles. The van der Waals surface area contributed by atoms with Crippen LogP contribution in [0.4, 0.5) is 10.5 Å². The minimum absolute atomic E-state index is 0.0132. The lowest BCUT2D eigenvalue weighted by atomic mass is 10.1. The fraction of sp³-hybridized carbons (Fsp3) is 0.333. The summed E-state index contributed by atoms with van der Waals surface area (Å²) in [6, 6.07) is 9.24. The normalized spacial score (nSPS) is 11.9. The number of methoxy groups -OCH3 is 1. The van der Waals surface area contributed by atoms with Crippen molar-refractivity contribution in [3.63, 3.8) is 0 Å². The van der Waals surface area contributed by atoms with Gasteiger partial charge in [0, 0.05) is 19.0 Å². The van der Waals surface area contributed by atoms with Crippen molar-refractivity contribution in [3.05, 3.63) is 36.5 Å². The molecule has 6 nitrogen and oxygen atoms in total. The third-order valence-corrected chi connectivity index (χ3v) is 3.15. The zero-order valence-corrected chi connectivity index (χ0v) is 12.2. The van der Waals surface area contributed by atoms with Crippen LogP contribution in [0.3, 0.4) is 0 Å². The van der Waals surface area contributed by atoms with Gasteiger partial charge in [0.15, 0.2) is 0 Å². The molecule has 0 saturated carbocycles. The molecule has 1 aromatic heterocycles. The van der Waals surface area contributed by atoms with Crippen molar-refractivity contribution in [3.8, 4) is 11.3 Å². The number of benzene rings is 1. The fourth-order valence-electron chi connectivity index (χ4n) is 1.97. The molecule has 0 radical (unpaired) electrons. The lowest BCUT2D eigenvalue weighted by Crippen LogP contribution is -2.40. The van der Waals surface area contributed by atoms with Crippen LogP contribution in [-0.2, 0) is 4.74 Å². The van der Waals surface area contributed by atoms with Gasteiger partial charge in [-0.25, -0.2) is 4.79 Å². The number of carbonyl (C=O) groups is 1. The van der Waals surface area contributed by atoms with E-state index >= 15 is 0 Å². The molecule has 2 amide bonds. The van der Waals surface area contributed by atoms with Gasteiger partial charge in [-0.15, -0.1) is 0 Å². The first-order chi connectivity index (χ1) is 10.2. The molecular weight excluding hydrogens is 268 g/mol. The van der Waals surface area contributed by atoms with Crippen molar-refractivity contribution in [1.29, 1.82) is 0 Å². The van der Waals surface area contributed by atoms with Gasteiger partial charge < -0.3 is 15.4 Å². The van der Waals surface area contributed by atoms with Gasteiger partial charge in [0.25, 0.3) is 0 Å². The molecule has 0 aliphatic heterocycles. The number of rotatable bonds is 6. The first-order valence-corrected chi connectivity index (χ1v) is 6.89. The first-order valence-electron chi connectivity index (χ1n) is 6.89.